The topological polar surface area (TPSA) is 47.9 Å². The molecule has 0 fully saturated rings. The van der Waals surface area contributed by atoms with Crippen LogP contribution in [-0.4, -0.2) is 24.0 Å². The summed E-state index contributed by atoms with van der Waals surface area (Å²) in [5.41, 5.74) is 1.84. The first-order valence-corrected chi connectivity index (χ1v) is 8.96. The van der Waals surface area contributed by atoms with Gasteiger partial charge in [0.15, 0.2) is 6.61 Å². The molecule has 2 aromatic carbocycles. The zero-order valence-corrected chi connectivity index (χ0v) is 14.5. The number of halogens is 1. The number of fused-ring (bicyclic) bond motifs is 1. The Hall–Kier alpha value is -1.98. The first-order valence-electron chi connectivity index (χ1n) is 7.59. The molecule has 0 amide bonds. The van der Waals surface area contributed by atoms with E-state index in [-0.39, 0.29) is 6.61 Å². The Morgan fingerprint density at radius 2 is 1.96 bits per heavy atom. The maximum absolute atomic E-state index is 11.8. The lowest BCUT2D eigenvalue weighted by Crippen LogP contribution is -2.14. The molecular weight excluding hydrogens is 346 g/mol. The second-order valence-electron chi connectivity index (χ2n) is 5.19. The van der Waals surface area contributed by atoms with E-state index in [9.17, 15) is 4.79 Å². The van der Waals surface area contributed by atoms with Crippen molar-refractivity contribution >= 4 is 35.0 Å². The van der Waals surface area contributed by atoms with E-state index < -0.39 is 5.97 Å². The summed E-state index contributed by atoms with van der Waals surface area (Å²) in [6.07, 6.45) is 1.78. The maximum atomic E-state index is 11.8. The van der Waals surface area contributed by atoms with E-state index >= 15 is 0 Å². The third kappa shape index (κ3) is 4.52. The summed E-state index contributed by atoms with van der Waals surface area (Å²) >= 11 is 7.60. The van der Waals surface area contributed by atoms with Gasteiger partial charge in [-0.25, -0.2) is 4.79 Å². The van der Waals surface area contributed by atoms with Crippen molar-refractivity contribution < 1.29 is 14.4 Å². The average molecular weight is 362 g/mol. The van der Waals surface area contributed by atoms with Crippen molar-refractivity contribution in [1.82, 2.24) is 0 Å². The van der Waals surface area contributed by atoms with Crippen molar-refractivity contribution in [1.29, 1.82) is 0 Å². The van der Waals surface area contributed by atoms with E-state index in [0.717, 1.165) is 29.9 Å². The van der Waals surface area contributed by atoms with Crippen molar-refractivity contribution in [2.24, 2.45) is 5.16 Å². The van der Waals surface area contributed by atoms with E-state index in [4.69, 9.17) is 21.2 Å². The van der Waals surface area contributed by atoms with Gasteiger partial charge in [0.2, 0.25) is 0 Å². The normalized spacial score (nSPS) is 15.5. The first-order chi connectivity index (χ1) is 11.7. The third-order valence-electron chi connectivity index (χ3n) is 3.44. The van der Waals surface area contributed by atoms with Crippen LogP contribution in [-0.2, 0) is 9.63 Å². The number of carbonyl (C=O) groups is 1. The summed E-state index contributed by atoms with van der Waals surface area (Å²) in [5.74, 6) is 1.05. The fourth-order valence-electron chi connectivity index (χ4n) is 2.29. The highest BCUT2D eigenvalue weighted by Crippen LogP contribution is 2.29. The zero-order chi connectivity index (χ0) is 16.8. The molecule has 2 aromatic rings. The van der Waals surface area contributed by atoms with Crippen LogP contribution in [0, 0.1) is 0 Å². The molecule has 0 saturated heterocycles. The molecule has 0 atom stereocenters. The van der Waals surface area contributed by atoms with Gasteiger partial charge in [-0.3, -0.25) is 0 Å². The Balaban J connectivity index is 1.60. The van der Waals surface area contributed by atoms with Gasteiger partial charge in [-0.1, -0.05) is 35.0 Å². The van der Waals surface area contributed by atoms with E-state index in [1.165, 1.54) is 4.90 Å². The standard InChI is InChI=1S/C18H16ClNO3S/c19-13-7-9-14(10-8-13)22-12-18(21)23-20-16-5-3-11-24-17-6-2-1-4-15(16)17/h1-2,4,6-10H,3,5,11-12H2/b20-16-. The van der Waals surface area contributed by atoms with E-state index in [2.05, 4.69) is 11.2 Å². The fraction of sp³-hybridized carbons (Fsp3) is 0.222. The minimum atomic E-state index is -0.535. The molecule has 1 aliphatic heterocycles. The number of rotatable bonds is 4. The molecule has 0 unspecified atom stereocenters. The molecule has 0 N–H and O–H groups in total. The van der Waals surface area contributed by atoms with Gasteiger partial charge in [0.25, 0.3) is 0 Å². The lowest BCUT2D eigenvalue weighted by atomic mass is 10.1. The summed E-state index contributed by atoms with van der Waals surface area (Å²) in [5, 5.41) is 4.68. The maximum Gasteiger partial charge on any atom is 0.372 e. The molecule has 0 radical (unpaired) electrons. The largest absolute Gasteiger partial charge is 0.482 e. The molecule has 1 heterocycles. The molecule has 0 aromatic heterocycles. The summed E-state index contributed by atoms with van der Waals surface area (Å²) in [7, 11) is 0. The Kier molecular flexibility index (Phi) is 5.77. The molecule has 24 heavy (non-hydrogen) atoms. The average Bonchev–Trinajstić information content (AvgIpc) is 2.82. The molecule has 0 saturated carbocycles. The lowest BCUT2D eigenvalue weighted by molar-refractivity contribution is -0.146. The Bertz CT molecular complexity index is 746. The number of hydrogen-bond acceptors (Lipinski definition) is 5. The van der Waals surface area contributed by atoms with Crippen LogP contribution in [0.4, 0.5) is 0 Å². The molecule has 4 nitrogen and oxygen atoms in total. The predicted molar refractivity (Wildman–Crippen MR) is 96.0 cm³/mol. The Labute approximate surface area is 149 Å². The van der Waals surface area contributed by atoms with Crippen LogP contribution in [0.5, 0.6) is 5.75 Å². The summed E-state index contributed by atoms with van der Waals surface area (Å²) in [4.78, 5) is 18.0. The number of thioether (sulfide) groups is 1. The second kappa shape index (κ2) is 8.22. The van der Waals surface area contributed by atoms with E-state index in [1.54, 1.807) is 36.0 Å². The van der Waals surface area contributed by atoms with Crippen LogP contribution in [0.3, 0.4) is 0 Å². The molecule has 0 bridgehead atoms. The van der Waals surface area contributed by atoms with Gasteiger partial charge >= 0.3 is 5.97 Å². The monoisotopic (exact) mass is 361 g/mol. The number of nitrogens with zero attached hydrogens (tertiary/aromatic N) is 1. The SMILES string of the molecule is O=C(COc1ccc(Cl)cc1)O/N=C1/CCCSc2ccccc21. The zero-order valence-electron chi connectivity index (χ0n) is 12.9. The van der Waals surface area contributed by atoms with Gasteiger partial charge in [-0.05, 0) is 48.9 Å². The fourth-order valence-corrected chi connectivity index (χ4v) is 3.44. The highest BCUT2D eigenvalue weighted by atomic mass is 35.5. The highest BCUT2D eigenvalue weighted by Gasteiger charge is 2.15. The molecule has 3 rings (SSSR count). The molecule has 0 aliphatic carbocycles. The second-order valence-corrected chi connectivity index (χ2v) is 6.77. The van der Waals surface area contributed by atoms with Crippen molar-refractivity contribution in [3.05, 3.63) is 59.1 Å². The molecular formula is C18H16ClNO3S. The van der Waals surface area contributed by atoms with Gasteiger partial charge in [-0.2, -0.15) is 0 Å². The minimum Gasteiger partial charge on any atom is -0.482 e. The number of carbonyl (C=O) groups excluding carboxylic acids is 1. The quantitative estimate of drug-likeness (QED) is 0.592. The molecule has 124 valence electrons. The Morgan fingerprint density at radius 1 is 1.17 bits per heavy atom. The van der Waals surface area contributed by atoms with Crippen molar-refractivity contribution in [3.8, 4) is 5.75 Å². The molecule has 6 heteroatoms. The van der Waals surface area contributed by atoms with Crippen LogP contribution in [0.1, 0.15) is 18.4 Å². The number of hydrogen-bond donors (Lipinski definition) is 0. The lowest BCUT2D eigenvalue weighted by Gasteiger charge is -2.07. The van der Waals surface area contributed by atoms with Crippen LogP contribution in [0.25, 0.3) is 0 Å². The first kappa shape index (κ1) is 16.9. The summed E-state index contributed by atoms with van der Waals surface area (Å²) in [6, 6.07) is 14.8. The molecule has 1 aliphatic rings. The molecule has 0 spiro atoms. The van der Waals surface area contributed by atoms with E-state index in [0.29, 0.717) is 10.8 Å². The summed E-state index contributed by atoms with van der Waals surface area (Å²) in [6.45, 7) is -0.200. The highest BCUT2D eigenvalue weighted by molar-refractivity contribution is 7.99. The van der Waals surface area contributed by atoms with Gasteiger partial charge in [0, 0.05) is 15.5 Å². The van der Waals surface area contributed by atoms with Gasteiger partial charge in [0.1, 0.15) is 5.75 Å². The smallest absolute Gasteiger partial charge is 0.372 e. The minimum absolute atomic E-state index is 0.200. The number of oxime groups is 1. The van der Waals surface area contributed by atoms with Crippen LogP contribution in [0.15, 0.2) is 58.6 Å². The van der Waals surface area contributed by atoms with Gasteiger partial charge in [0.05, 0.1) is 5.71 Å². The van der Waals surface area contributed by atoms with Gasteiger partial charge < -0.3 is 9.57 Å². The van der Waals surface area contributed by atoms with Gasteiger partial charge in [-0.15, -0.1) is 11.8 Å². The third-order valence-corrected chi connectivity index (χ3v) is 4.85. The van der Waals surface area contributed by atoms with Crippen molar-refractivity contribution in [2.75, 3.05) is 12.4 Å². The number of ether oxygens (including phenoxy) is 1. The van der Waals surface area contributed by atoms with Crippen LogP contribution in [0.2, 0.25) is 5.02 Å². The predicted octanol–water partition coefficient (Wildman–Crippen LogP) is 4.55. The van der Waals surface area contributed by atoms with E-state index in [1.807, 2.05) is 18.2 Å². The number of benzene rings is 2. The van der Waals surface area contributed by atoms with Crippen LogP contribution < -0.4 is 4.74 Å². The van der Waals surface area contributed by atoms with Crippen molar-refractivity contribution in [3.63, 3.8) is 0 Å². The van der Waals surface area contributed by atoms with Crippen molar-refractivity contribution in [2.45, 2.75) is 17.7 Å². The summed E-state index contributed by atoms with van der Waals surface area (Å²) < 4.78 is 5.35. The Morgan fingerprint density at radius 3 is 2.79 bits per heavy atom. The van der Waals surface area contributed by atoms with Crippen LogP contribution >= 0.6 is 23.4 Å².